The van der Waals surface area contributed by atoms with E-state index in [1.165, 1.54) is 5.41 Å². The van der Waals surface area contributed by atoms with Gasteiger partial charge in [0, 0.05) is 21.8 Å². The van der Waals surface area contributed by atoms with Gasteiger partial charge in [-0.3, -0.25) is 4.79 Å². The summed E-state index contributed by atoms with van der Waals surface area (Å²) >= 11 is 4.75. The van der Waals surface area contributed by atoms with Crippen LogP contribution in [0.3, 0.4) is 0 Å². The quantitative estimate of drug-likeness (QED) is 0.695. The molecule has 2 aromatic rings. The average molecular weight is 318 g/mol. The van der Waals surface area contributed by atoms with E-state index in [0.717, 1.165) is 16.8 Å². The van der Waals surface area contributed by atoms with E-state index in [-0.39, 0.29) is 5.91 Å². The molecule has 0 bridgehead atoms. The van der Waals surface area contributed by atoms with Crippen LogP contribution in [0, 0.1) is 0 Å². The number of fused-ring (bicyclic) bond motifs is 1. The van der Waals surface area contributed by atoms with Crippen molar-refractivity contribution in [3.8, 4) is 0 Å². The fraction of sp³-hybridized carbons (Fsp3) is 0.0625. The number of anilines is 1. The average Bonchev–Trinajstić information content (AvgIpc) is 2.78. The van der Waals surface area contributed by atoms with Crippen LogP contribution in [-0.4, -0.2) is 10.5 Å². The first-order valence-corrected chi connectivity index (χ1v) is 8.14. The van der Waals surface area contributed by atoms with Gasteiger partial charge >= 0.3 is 0 Å². The highest BCUT2D eigenvalue weighted by molar-refractivity contribution is 7.93. The Bertz CT molecular complexity index is 730. The first-order valence-electron chi connectivity index (χ1n) is 6.38. The van der Waals surface area contributed by atoms with Crippen LogP contribution in [0.4, 0.5) is 5.69 Å². The zero-order valence-electron chi connectivity index (χ0n) is 11.0. The first-order chi connectivity index (χ1) is 10.1. The number of carbonyl (C=O) groups is 1. The van der Waals surface area contributed by atoms with Crippen molar-refractivity contribution in [2.24, 2.45) is 0 Å². The number of hydrogen-bond donors (Lipinski definition) is 1. The lowest BCUT2D eigenvalue weighted by atomic mass is 10.1. The van der Waals surface area contributed by atoms with Gasteiger partial charge in [-0.2, -0.15) is 0 Å². The molecule has 1 heterocycles. The SMILES string of the molecule is O=C1Nc2ccccc2C1=C[S+]([O-])Cc1ccccc1Cl. The Hall–Kier alpha value is -1.75. The van der Waals surface area contributed by atoms with Crippen LogP contribution in [0.2, 0.25) is 5.02 Å². The molecule has 0 spiro atoms. The smallest absolute Gasteiger partial charge is 0.260 e. The second kappa shape index (κ2) is 5.93. The summed E-state index contributed by atoms with van der Waals surface area (Å²) < 4.78 is 12.3. The fourth-order valence-electron chi connectivity index (χ4n) is 2.20. The van der Waals surface area contributed by atoms with Gasteiger partial charge in [-0.1, -0.05) is 48.0 Å². The molecule has 1 aliphatic heterocycles. The van der Waals surface area contributed by atoms with Crippen molar-refractivity contribution in [1.29, 1.82) is 0 Å². The molecule has 1 N–H and O–H groups in total. The first kappa shape index (κ1) is 14.2. The van der Waals surface area contributed by atoms with Crippen molar-refractivity contribution < 1.29 is 9.35 Å². The minimum absolute atomic E-state index is 0.219. The largest absolute Gasteiger partial charge is 0.612 e. The Kier molecular flexibility index (Phi) is 4.01. The number of hydrogen-bond acceptors (Lipinski definition) is 2. The van der Waals surface area contributed by atoms with E-state index in [2.05, 4.69) is 5.32 Å². The summed E-state index contributed by atoms with van der Waals surface area (Å²) in [5.41, 5.74) is 2.80. The van der Waals surface area contributed by atoms with Gasteiger partial charge in [0.05, 0.1) is 5.57 Å². The van der Waals surface area contributed by atoms with E-state index in [0.29, 0.717) is 16.3 Å². The molecule has 0 saturated heterocycles. The third-order valence-corrected chi connectivity index (χ3v) is 4.68. The van der Waals surface area contributed by atoms with Crippen LogP contribution >= 0.6 is 11.6 Å². The molecule has 1 aliphatic rings. The second-order valence-electron chi connectivity index (χ2n) is 4.65. The highest BCUT2D eigenvalue weighted by Crippen LogP contribution is 2.32. The molecule has 0 aromatic heterocycles. The monoisotopic (exact) mass is 317 g/mol. The lowest BCUT2D eigenvalue weighted by Gasteiger charge is -2.08. The van der Waals surface area contributed by atoms with Gasteiger partial charge < -0.3 is 9.87 Å². The van der Waals surface area contributed by atoms with Crippen molar-refractivity contribution in [2.45, 2.75) is 5.75 Å². The Morgan fingerprint density at radius 3 is 2.67 bits per heavy atom. The summed E-state index contributed by atoms with van der Waals surface area (Å²) in [6.45, 7) is 0. The van der Waals surface area contributed by atoms with E-state index >= 15 is 0 Å². The van der Waals surface area contributed by atoms with Gasteiger partial charge in [0.1, 0.15) is 11.2 Å². The third-order valence-electron chi connectivity index (χ3n) is 3.21. The van der Waals surface area contributed by atoms with Gasteiger partial charge in [0.25, 0.3) is 5.91 Å². The Morgan fingerprint density at radius 1 is 1.14 bits per heavy atom. The predicted octanol–water partition coefficient (Wildman–Crippen LogP) is 3.58. The molecule has 2 aromatic carbocycles. The summed E-state index contributed by atoms with van der Waals surface area (Å²) in [5.74, 6) is 0.0715. The minimum Gasteiger partial charge on any atom is -0.612 e. The van der Waals surface area contributed by atoms with Crippen LogP contribution in [-0.2, 0) is 21.7 Å². The lowest BCUT2D eigenvalue weighted by molar-refractivity contribution is -0.110. The zero-order chi connectivity index (χ0) is 14.8. The topological polar surface area (TPSA) is 52.2 Å². The predicted molar refractivity (Wildman–Crippen MR) is 86.3 cm³/mol. The number of halogens is 1. The van der Waals surface area contributed by atoms with Crippen LogP contribution in [0.25, 0.3) is 5.57 Å². The normalized spacial score (nSPS) is 16.7. The Balaban J connectivity index is 1.85. The second-order valence-corrected chi connectivity index (χ2v) is 6.34. The fourth-order valence-corrected chi connectivity index (χ4v) is 3.62. The van der Waals surface area contributed by atoms with E-state index in [9.17, 15) is 9.35 Å². The molecule has 3 nitrogen and oxygen atoms in total. The molecule has 0 aliphatic carbocycles. The van der Waals surface area contributed by atoms with Crippen molar-refractivity contribution in [3.05, 3.63) is 70.1 Å². The van der Waals surface area contributed by atoms with Crippen LogP contribution in [0.5, 0.6) is 0 Å². The van der Waals surface area contributed by atoms with Crippen LogP contribution in [0.15, 0.2) is 53.9 Å². The molecule has 1 unspecified atom stereocenters. The molecule has 1 amide bonds. The van der Waals surface area contributed by atoms with E-state index in [1.807, 2.05) is 42.5 Å². The summed E-state index contributed by atoms with van der Waals surface area (Å²) in [4.78, 5) is 11.9. The summed E-state index contributed by atoms with van der Waals surface area (Å²) in [5, 5.41) is 4.85. The maximum atomic E-state index is 12.3. The number of para-hydroxylation sites is 1. The highest BCUT2D eigenvalue weighted by Gasteiger charge is 2.26. The van der Waals surface area contributed by atoms with Crippen molar-refractivity contribution in [1.82, 2.24) is 0 Å². The highest BCUT2D eigenvalue weighted by atomic mass is 35.5. The summed E-state index contributed by atoms with van der Waals surface area (Å²) in [6, 6.07) is 14.6. The maximum absolute atomic E-state index is 12.3. The van der Waals surface area contributed by atoms with E-state index in [4.69, 9.17) is 11.6 Å². The van der Waals surface area contributed by atoms with Gasteiger partial charge in [-0.15, -0.1) is 0 Å². The van der Waals surface area contributed by atoms with Gasteiger partial charge in [-0.25, -0.2) is 0 Å². The molecule has 1 atom stereocenters. The minimum atomic E-state index is -1.31. The summed E-state index contributed by atoms with van der Waals surface area (Å²) in [6.07, 6.45) is 0. The van der Waals surface area contributed by atoms with Gasteiger partial charge in [-0.05, 0) is 23.3 Å². The zero-order valence-corrected chi connectivity index (χ0v) is 12.6. The molecule has 3 rings (SSSR count). The molecule has 0 fully saturated rings. The summed E-state index contributed by atoms with van der Waals surface area (Å²) in [7, 11) is 0. The van der Waals surface area contributed by atoms with Crippen LogP contribution < -0.4 is 5.32 Å². The number of nitrogens with one attached hydrogen (secondary N) is 1. The number of rotatable bonds is 3. The molecule has 21 heavy (non-hydrogen) atoms. The number of carbonyl (C=O) groups excluding carboxylic acids is 1. The van der Waals surface area contributed by atoms with Crippen molar-refractivity contribution in [3.63, 3.8) is 0 Å². The Labute approximate surface area is 130 Å². The Morgan fingerprint density at radius 2 is 1.86 bits per heavy atom. The molecule has 106 valence electrons. The van der Waals surface area contributed by atoms with E-state index in [1.54, 1.807) is 6.07 Å². The molecule has 0 saturated carbocycles. The standard InChI is InChI=1S/C16H12ClNO2S/c17-14-7-3-1-5-11(14)9-21(20)10-13-12-6-2-4-8-15(12)18-16(13)19/h1-8,10H,9H2,(H,18,19). The van der Waals surface area contributed by atoms with Gasteiger partial charge in [0.2, 0.25) is 0 Å². The molecular weight excluding hydrogens is 306 g/mol. The van der Waals surface area contributed by atoms with Crippen LogP contribution in [0.1, 0.15) is 11.1 Å². The van der Waals surface area contributed by atoms with Crippen molar-refractivity contribution in [2.75, 3.05) is 5.32 Å². The van der Waals surface area contributed by atoms with E-state index < -0.39 is 11.2 Å². The van der Waals surface area contributed by atoms with Crippen molar-refractivity contribution >= 4 is 39.9 Å². The molecular formula is C16H12ClNO2S. The maximum Gasteiger partial charge on any atom is 0.260 e. The third kappa shape index (κ3) is 2.97. The van der Waals surface area contributed by atoms with Gasteiger partial charge in [0.15, 0.2) is 0 Å². The molecule has 5 heteroatoms. The lowest BCUT2D eigenvalue weighted by Crippen LogP contribution is -2.07. The number of benzene rings is 2. The number of amides is 1. The molecule has 0 radical (unpaired) electrons.